The number of hydrogen-bond donors (Lipinski definition) is 1. The third-order valence-corrected chi connectivity index (χ3v) is 4.61. The van der Waals surface area contributed by atoms with Crippen LogP contribution < -0.4 is 10.1 Å². The van der Waals surface area contributed by atoms with Crippen molar-refractivity contribution in [3.05, 3.63) is 64.4 Å². The van der Waals surface area contributed by atoms with Gasteiger partial charge in [-0.05, 0) is 48.6 Å². The first-order chi connectivity index (χ1) is 11.6. The average molecular weight is 392 g/mol. The lowest BCUT2D eigenvalue weighted by Crippen LogP contribution is -2.27. The highest BCUT2D eigenvalue weighted by Gasteiger charge is 2.43. The van der Waals surface area contributed by atoms with E-state index in [1.54, 1.807) is 18.2 Å². The molecule has 0 bridgehead atoms. The number of nitrogens with one attached hydrogen (secondary N) is 1. The van der Waals surface area contributed by atoms with E-state index in [4.69, 9.17) is 4.74 Å². The molecule has 3 rings (SSSR count). The molecular weight excluding hydrogens is 373 g/mol. The number of amides is 1. The van der Waals surface area contributed by atoms with Crippen LogP contribution in [0.5, 0.6) is 5.75 Å². The van der Waals surface area contributed by atoms with Gasteiger partial charge in [-0.3, -0.25) is 4.79 Å². The van der Waals surface area contributed by atoms with Gasteiger partial charge in [-0.25, -0.2) is 4.39 Å². The lowest BCUT2D eigenvalue weighted by Gasteiger charge is -2.08. The smallest absolute Gasteiger partial charge is 0.223 e. The molecule has 3 nitrogen and oxygen atoms in total. The zero-order chi connectivity index (χ0) is 16.9. The molecule has 2 aromatic rings. The Morgan fingerprint density at radius 2 is 2.08 bits per heavy atom. The van der Waals surface area contributed by atoms with E-state index < -0.39 is 0 Å². The molecule has 1 aliphatic carbocycles. The van der Waals surface area contributed by atoms with E-state index in [1.807, 2.05) is 12.1 Å². The summed E-state index contributed by atoms with van der Waals surface area (Å²) < 4.78 is 19.8. The average Bonchev–Trinajstić information content (AvgIpc) is 3.37. The Hall–Kier alpha value is -1.88. The van der Waals surface area contributed by atoms with E-state index in [-0.39, 0.29) is 23.4 Å². The van der Waals surface area contributed by atoms with Gasteiger partial charge < -0.3 is 10.1 Å². The largest absolute Gasteiger partial charge is 0.490 e. The monoisotopic (exact) mass is 391 g/mol. The maximum absolute atomic E-state index is 13.4. The van der Waals surface area contributed by atoms with Crippen LogP contribution in [-0.2, 0) is 4.79 Å². The van der Waals surface area contributed by atoms with Gasteiger partial charge in [0, 0.05) is 16.9 Å². The van der Waals surface area contributed by atoms with Crippen LogP contribution in [0.2, 0.25) is 0 Å². The Balaban J connectivity index is 1.36. The van der Waals surface area contributed by atoms with E-state index >= 15 is 0 Å². The topological polar surface area (TPSA) is 38.3 Å². The SMILES string of the molecule is O=C(NCCCOc1ccccc1F)C1CC1c1cccc(Br)c1. The van der Waals surface area contributed by atoms with Crippen LogP contribution in [0, 0.1) is 11.7 Å². The van der Waals surface area contributed by atoms with E-state index in [0.717, 1.165) is 10.9 Å². The normalized spacial score (nSPS) is 18.9. The van der Waals surface area contributed by atoms with E-state index in [0.29, 0.717) is 25.5 Å². The lowest BCUT2D eigenvalue weighted by molar-refractivity contribution is -0.122. The fourth-order valence-electron chi connectivity index (χ4n) is 2.75. The predicted octanol–water partition coefficient (Wildman–Crippen LogP) is 4.28. The van der Waals surface area contributed by atoms with Gasteiger partial charge in [0.15, 0.2) is 11.6 Å². The molecule has 0 saturated heterocycles. The standard InChI is InChI=1S/C19H19BrFNO2/c20-14-6-3-5-13(11-14)15-12-16(15)19(23)22-9-4-10-24-18-8-2-1-7-17(18)21/h1-3,5-8,11,15-16H,4,9-10,12H2,(H,22,23). The molecule has 0 spiro atoms. The summed E-state index contributed by atoms with van der Waals surface area (Å²) in [6.07, 6.45) is 1.54. The molecular formula is C19H19BrFNO2. The van der Waals surface area contributed by atoms with Crippen molar-refractivity contribution in [3.8, 4) is 5.75 Å². The highest BCUT2D eigenvalue weighted by molar-refractivity contribution is 9.10. The number of carbonyl (C=O) groups excluding carboxylic acids is 1. The fourth-order valence-corrected chi connectivity index (χ4v) is 3.17. The van der Waals surface area contributed by atoms with Gasteiger partial charge in [0.25, 0.3) is 0 Å². The summed E-state index contributed by atoms with van der Waals surface area (Å²) in [5, 5.41) is 2.94. The number of ether oxygens (including phenoxy) is 1. The number of carbonyl (C=O) groups is 1. The predicted molar refractivity (Wildman–Crippen MR) is 94.5 cm³/mol. The Kier molecular flexibility index (Phi) is 5.51. The van der Waals surface area contributed by atoms with Crippen molar-refractivity contribution in [1.82, 2.24) is 5.32 Å². The fraction of sp³-hybridized carbons (Fsp3) is 0.316. The first-order valence-corrected chi connectivity index (χ1v) is 8.85. The Labute approximate surface area is 149 Å². The number of benzene rings is 2. The molecule has 0 heterocycles. The van der Waals surface area contributed by atoms with Crippen LogP contribution in [0.4, 0.5) is 4.39 Å². The molecule has 2 unspecified atom stereocenters. The van der Waals surface area contributed by atoms with Gasteiger partial charge in [-0.2, -0.15) is 0 Å². The number of rotatable bonds is 7. The van der Waals surface area contributed by atoms with Gasteiger partial charge in [0.05, 0.1) is 6.61 Å². The minimum Gasteiger partial charge on any atom is -0.490 e. The molecule has 5 heteroatoms. The Bertz CT molecular complexity index is 722. The number of hydrogen-bond acceptors (Lipinski definition) is 2. The quantitative estimate of drug-likeness (QED) is 0.715. The molecule has 0 aliphatic heterocycles. The second-order valence-electron chi connectivity index (χ2n) is 5.93. The molecule has 126 valence electrons. The van der Waals surface area contributed by atoms with Gasteiger partial charge >= 0.3 is 0 Å². The summed E-state index contributed by atoms with van der Waals surface area (Å²) in [4.78, 5) is 12.1. The van der Waals surface area contributed by atoms with Gasteiger partial charge in [-0.15, -0.1) is 0 Å². The second-order valence-corrected chi connectivity index (χ2v) is 6.84. The van der Waals surface area contributed by atoms with Crippen LogP contribution in [0.15, 0.2) is 53.0 Å². The molecule has 1 fully saturated rings. The van der Waals surface area contributed by atoms with Crippen LogP contribution in [-0.4, -0.2) is 19.1 Å². The highest BCUT2D eigenvalue weighted by Crippen LogP contribution is 2.47. The second kappa shape index (κ2) is 7.79. The third kappa shape index (κ3) is 4.35. The van der Waals surface area contributed by atoms with Crippen LogP contribution in [0.1, 0.15) is 24.3 Å². The maximum atomic E-state index is 13.4. The summed E-state index contributed by atoms with van der Waals surface area (Å²) in [6, 6.07) is 14.4. The summed E-state index contributed by atoms with van der Waals surface area (Å²) in [6.45, 7) is 0.913. The summed E-state index contributed by atoms with van der Waals surface area (Å²) >= 11 is 3.46. The lowest BCUT2D eigenvalue weighted by atomic mass is 10.1. The zero-order valence-corrected chi connectivity index (χ0v) is 14.8. The van der Waals surface area contributed by atoms with Gasteiger partial charge in [0.1, 0.15) is 0 Å². The Morgan fingerprint density at radius 1 is 1.25 bits per heavy atom. The van der Waals surface area contributed by atoms with Crippen molar-refractivity contribution in [2.45, 2.75) is 18.8 Å². The van der Waals surface area contributed by atoms with Crippen molar-refractivity contribution in [2.24, 2.45) is 5.92 Å². The van der Waals surface area contributed by atoms with Crippen LogP contribution in [0.25, 0.3) is 0 Å². The summed E-state index contributed by atoms with van der Waals surface area (Å²) in [7, 11) is 0. The van der Waals surface area contributed by atoms with Crippen molar-refractivity contribution in [3.63, 3.8) is 0 Å². The van der Waals surface area contributed by atoms with Crippen LogP contribution >= 0.6 is 15.9 Å². The molecule has 1 amide bonds. The van der Waals surface area contributed by atoms with Crippen molar-refractivity contribution in [2.75, 3.05) is 13.2 Å². The summed E-state index contributed by atoms with van der Waals surface area (Å²) in [5.41, 5.74) is 1.20. The number of halogens is 2. The molecule has 2 aromatic carbocycles. The highest BCUT2D eigenvalue weighted by atomic mass is 79.9. The van der Waals surface area contributed by atoms with Gasteiger partial charge in [-0.1, -0.05) is 40.2 Å². The van der Waals surface area contributed by atoms with Gasteiger partial charge in [0.2, 0.25) is 5.91 Å². The molecule has 1 N–H and O–H groups in total. The Morgan fingerprint density at radius 3 is 2.88 bits per heavy atom. The molecule has 1 saturated carbocycles. The van der Waals surface area contributed by atoms with Crippen LogP contribution in [0.3, 0.4) is 0 Å². The van der Waals surface area contributed by atoms with Crippen molar-refractivity contribution in [1.29, 1.82) is 0 Å². The first kappa shape index (κ1) is 17.0. The maximum Gasteiger partial charge on any atom is 0.223 e. The van der Waals surface area contributed by atoms with Crippen molar-refractivity contribution >= 4 is 21.8 Å². The number of para-hydroxylation sites is 1. The molecule has 0 radical (unpaired) electrons. The van der Waals surface area contributed by atoms with E-state index in [9.17, 15) is 9.18 Å². The molecule has 1 aliphatic rings. The molecule has 2 atom stereocenters. The zero-order valence-electron chi connectivity index (χ0n) is 13.2. The van der Waals surface area contributed by atoms with Crippen molar-refractivity contribution < 1.29 is 13.9 Å². The third-order valence-electron chi connectivity index (χ3n) is 4.12. The molecule has 0 aromatic heterocycles. The minimum absolute atomic E-state index is 0.0618. The minimum atomic E-state index is -0.364. The summed E-state index contributed by atoms with van der Waals surface area (Å²) in [5.74, 6) is 0.354. The van der Waals surface area contributed by atoms with E-state index in [2.05, 4.69) is 33.4 Å². The molecule has 24 heavy (non-hydrogen) atoms. The first-order valence-electron chi connectivity index (χ1n) is 8.05. The van der Waals surface area contributed by atoms with E-state index in [1.165, 1.54) is 11.6 Å².